The molecule has 0 bridgehead atoms. The number of benzene rings is 2. The van der Waals surface area contributed by atoms with Gasteiger partial charge in [0.1, 0.15) is 5.82 Å². The van der Waals surface area contributed by atoms with Crippen molar-refractivity contribution < 1.29 is 12.8 Å². The average Bonchev–Trinajstić information content (AvgIpc) is 2.46. The maximum absolute atomic E-state index is 12.8. The molecule has 0 aliphatic heterocycles. The van der Waals surface area contributed by atoms with Crippen molar-refractivity contribution in [2.24, 2.45) is 0 Å². The topological polar surface area (TPSA) is 46.2 Å². The molecule has 0 amide bonds. The minimum atomic E-state index is -3.68. The highest BCUT2D eigenvalue weighted by molar-refractivity contribution is 7.89. The van der Waals surface area contributed by atoms with E-state index in [0.29, 0.717) is 0 Å². The second kappa shape index (κ2) is 6.35. The lowest BCUT2D eigenvalue weighted by Crippen LogP contribution is -2.27. The van der Waals surface area contributed by atoms with E-state index in [-0.39, 0.29) is 11.4 Å². The van der Waals surface area contributed by atoms with Crippen molar-refractivity contribution in [1.82, 2.24) is 4.72 Å². The zero-order chi connectivity index (χ0) is 14.6. The molecule has 20 heavy (non-hydrogen) atoms. The molecule has 0 aromatic heterocycles. The summed E-state index contributed by atoms with van der Waals surface area (Å²) in [6.07, 6.45) is 0. The molecule has 2 aromatic carbocycles. The summed E-state index contributed by atoms with van der Waals surface area (Å²) in [5.41, 5.74) is 0.830. The Hall–Kier alpha value is -1.43. The molecule has 2 aromatic rings. The zero-order valence-electron chi connectivity index (χ0n) is 10.5. The Morgan fingerprint density at radius 1 is 1.05 bits per heavy atom. The maximum atomic E-state index is 12.8. The van der Waals surface area contributed by atoms with E-state index < -0.39 is 21.2 Å². The first-order chi connectivity index (χ1) is 9.49. The van der Waals surface area contributed by atoms with Gasteiger partial charge in [-0.05, 0) is 29.8 Å². The fourth-order valence-corrected chi connectivity index (χ4v) is 3.02. The van der Waals surface area contributed by atoms with Crippen LogP contribution in [0.15, 0.2) is 59.5 Å². The van der Waals surface area contributed by atoms with Gasteiger partial charge in [0, 0.05) is 6.54 Å². The predicted molar refractivity (Wildman–Crippen MR) is 76.6 cm³/mol. The Kier molecular flexibility index (Phi) is 4.75. The van der Waals surface area contributed by atoms with E-state index in [0.717, 1.165) is 17.7 Å². The summed E-state index contributed by atoms with van der Waals surface area (Å²) in [4.78, 5) is 0.0100. The highest BCUT2D eigenvalue weighted by Gasteiger charge is 2.16. The van der Waals surface area contributed by atoms with E-state index in [1.165, 1.54) is 12.1 Å². The van der Waals surface area contributed by atoms with Crippen LogP contribution < -0.4 is 4.72 Å². The summed E-state index contributed by atoms with van der Waals surface area (Å²) in [5.74, 6) is -0.483. The smallest absolute Gasteiger partial charge is 0.209 e. The lowest BCUT2D eigenvalue weighted by atomic mass is 10.1. The predicted octanol–water partition coefficient (Wildman–Crippen LogP) is 3.08. The van der Waals surface area contributed by atoms with Crippen LogP contribution in [0.25, 0.3) is 0 Å². The van der Waals surface area contributed by atoms with Gasteiger partial charge in [-0.25, -0.2) is 17.5 Å². The van der Waals surface area contributed by atoms with Crippen LogP contribution in [0.5, 0.6) is 0 Å². The normalized spacial score (nSPS) is 13.1. The van der Waals surface area contributed by atoms with Crippen molar-refractivity contribution in [2.75, 3.05) is 6.54 Å². The zero-order valence-corrected chi connectivity index (χ0v) is 12.0. The number of hydrogen-bond donors (Lipinski definition) is 1. The first-order valence-corrected chi connectivity index (χ1v) is 7.85. The fourth-order valence-electron chi connectivity index (χ4n) is 1.66. The molecule has 1 atom stereocenters. The number of sulfonamides is 1. The minimum Gasteiger partial charge on any atom is -0.209 e. The second-order valence-corrected chi connectivity index (χ2v) is 6.48. The summed E-state index contributed by atoms with van der Waals surface area (Å²) < 4.78 is 39.2. The number of alkyl halides is 1. The van der Waals surface area contributed by atoms with Gasteiger partial charge in [-0.15, -0.1) is 11.6 Å². The third kappa shape index (κ3) is 3.79. The van der Waals surface area contributed by atoms with Crippen LogP contribution in [0.1, 0.15) is 10.9 Å². The van der Waals surface area contributed by atoms with E-state index in [1.54, 1.807) is 0 Å². The summed E-state index contributed by atoms with van der Waals surface area (Å²) in [7, 11) is -3.68. The third-order valence-corrected chi connectivity index (χ3v) is 4.58. The highest BCUT2D eigenvalue weighted by Crippen LogP contribution is 2.19. The van der Waals surface area contributed by atoms with Crippen molar-refractivity contribution in [2.45, 2.75) is 10.3 Å². The largest absolute Gasteiger partial charge is 0.240 e. The van der Waals surface area contributed by atoms with Gasteiger partial charge >= 0.3 is 0 Å². The van der Waals surface area contributed by atoms with Crippen LogP contribution >= 0.6 is 11.6 Å². The van der Waals surface area contributed by atoms with Crippen molar-refractivity contribution in [3.63, 3.8) is 0 Å². The van der Waals surface area contributed by atoms with Crippen molar-refractivity contribution in [3.05, 3.63) is 66.0 Å². The van der Waals surface area contributed by atoms with Gasteiger partial charge in [0.15, 0.2) is 0 Å². The van der Waals surface area contributed by atoms with Gasteiger partial charge in [-0.3, -0.25) is 0 Å². The van der Waals surface area contributed by atoms with Gasteiger partial charge in [0.2, 0.25) is 10.0 Å². The van der Waals surface area contributed by atoms with Gasteiger partial charge in [0.25, 0.3) is 0 Å². The third-order valence-electron chi connectivity index (χ3n) is 2.74. The number of hydrogen-bond acceptors (Lipinski definition) is 2. The molecule has 0 fully saturated rings. The van der Waals surface area contributed by atoms with Gasteiger partial charge in [-0.2, -0.15) is 0 Å². The number of halogens is 2. The molecule has 0 saturated heterocycles. The molecule has 1 unspecified atom stereocenters. The standard InChI is InChI=1S/C14H13ClFNO2S/c15-14(11-4-2-1-3-5-11)10-17-20(18,19)13-8-6-12(16)7-9-13/h1-9,14,17H,10H2. The molecule has 0 saturated carbocycles. The Labute approximate surface area is 122 Å². The van der Waals surface area contributed by atoms with E-state index in [9.17, 15) is 12.8 Å². The molecule has 0 aliphatic rings. The average molecular weight is 314 g/mol. The van der Waals surface area contributed by atoms with Crippen LogP contribution in [0.4, 0.5) is 4.39 Å². The quantitative estimate of drug-likeness (QED) is 0.862. The lowest BCUT2D eigenvalue weighted by molar-refractivity contribution is 0.580. The molecular weight excluding hydrogens is 301 g/mol. The van der Waals surface area contributed by atoms with Crippen LogP contribution in [0.3, 0.4) is 0 Å². The number of nitrogens with one attached hydrogen (secondary N) is 1. The monoisotopic (exact) mass is 313 g/mol. The highest BCUT2D eigenvalue weighted by atomic mass is 35.5. The molecule has 0 spiro atoms. The summed E-state index contributed by atoms with van der Waals surface area (Å²) >= 11 is 6.14. The Balaban J connectivity index is 2.04. The molecular formula is C14H13ClFNO2S. The first kappa shape index (κ1) is 15.0. The molecule has 0 aliphatic carbocycles. The first-order valence-electron chi connectivity index (χ1n) is 5.93. The molecule has 6 heteroatoms. The molecule has 1 N–H and O–H groups in total. The van der Waals surface area contributed by atoms with E-state index >= 15 is 0 Å². The summed E-state index contributed by atoms with van der Waals surface area (Å²) in [6, 6.07) is 13.8. The van der Waals surface area contributed by atoms with Gasteiger partial charge < -0.3 is 0 Å². The van der Waals surface area contributed by atoms with Crippen LogP contribution in [0, 0.1) is 5.82 Å². The Morgan fingerprint density at radius 2 is 1.65 bits per heavy atom. The Bertz CT molecular complexity index is 659. The minimum absolute atomic E-state index is 0.0100. The van der Waals surface area contributed by atoms with Gasteiger partial charge in [0.05, 0.1) is 10.3 Å². The summed E-state index contributed by atoms with van der Waals surface area (Å²) in [6.45, 7) is 0.0608. The SMILES string of the molecule is O=S(=O)(NCC(Cl)c1ccccc1)c1ccc(F)cc1. The molecule has 106 valence electrons. The fraction of sp³-hybridized carbons (Fsp3) is 0.143. The molecule has 0 radical (unpaired) electrons. The van der Waals surface area contributed by atoms with E-state index in [4.69, 9.17) is 11.6 Å². The van der Waals surface area contributed by atoms with Crippen LogP contribution in [-0.2, 0) is 10.0 Å². The van der Waals surface area contributed by atoms with Gasteiger partial charge in [-0.1, -0.05) is 30.3 Å². The molecule has 0 heterocycles. The van der Waals surface area contributed by atoms with Crippen molar-refractivity contribution >= 4 is 21.6 Å². The van der Waals surface area contributed by atoms with Crippen LogP contribution in [0.2, 0.25) is 0 Å². The molecule has 2 rings (SSSR count). The summed E-state index contributed by atoms with van der Waals surface area (Å²) in [5, 5.41) is -0.466. The maximum Gasteiger partial charge on any atom is 0.240 e. The van der Waals surface area contributed by atoms with E-state index in [2.05, 4.69) is 4.72 Å². The Morgan fingerprint density at radius 3 is 2.25 bits per heavy atom. The lowest BCUT2D eigenvalue weighted by Gasteiger charge is -2.11. The number of rotatable bonds is 5. The second-order valence-electron chi connectivity index (χ2n) is 4.18. The van der Waals surface area contributed by atoms with E-state index in [1.807, 2.05) is 30.3 Å². The van der Waals surface area contributed by atoms with Crippen LogP contribution in [-0.4, -0.2) is 15.0 Å². The molecule has 3 nitrogen and oxygen atoms in total. The van der Waals surface area contributed by atoms with Crippen molar-refractivity contribution in [1.29, 1.82) is 0 Å². The van der Waals surface area contributed by atoms with Crippen molar-refractivity contribution in [3.8, 4) is 0 Å².